The first-order valence-corrected chi connectivity index (χ1v) is 6.82. The molecule has 20 heavy (non-hydrogen) atoms. The summed E-state index contributed by atoms with van der Waals surface area (Å²) < 4.78 is 0. The van der Waals surface area contributed by atoms with E-state index in [1.165, 1.54) is 0 Å². The smallest absolute Gasteiger partial charge is 0.249 e. The molecule has 0 fully saturated rings. The van der Waals surface area contributed by atoms with E-state index in [9.17, 15) is 4.79 Å². The monoisotopic (exact) mass is 308 g/mol. The molecular weight excluding hydrogens is 295 g/mol. The van der Waals surface area contributed by atoms with Gasteiger partial charge < -0.3 is 11.1 Å². The minimum atomic E-state index is -0.443. The number of benzene rings is 2. The van der Waals surface area contributed by atoms with Gasteiger partial charge in [-0.1, -0.05) is 35.3 Å². The third kappa shape index (κ3) is 3.06. The van der Waals surface area contributed by atoms with Gasteiger partial charge in [0.25, 0.3) is 0 Å². The van der Waals surface area contributed by atoms with Gasteiger partial charge in [0.15, 0.2) is 0 Å². The maximum absolute atomic E-state index is 11.3. The summed E-state index contributed by atoms with van der Waals surface area (Å²) in [6, 6.07) is 10.7. The zero-order valence-electron chi connectivity index (χ0n) is 10.9. The number of nitrogens with two attached hydrogens (primary N) is 1. The largest absolute Gasteiger partial charge is 0.381 e. The molecule has 0 aliphatic rings. The Hall–Kier alpha value is -1.71. The van der Waals surface area contributed by atoms with Gasteiger partial charge in [-0.3, -0.25) is 4.79 Å². The number of hydrogen-bond donors (Lipinski definition) is 2. The average Bonchev–Trinajstić information content (AvgIpc) is 2.39. The quantitative estimate of drug-likeness (QED) is 0.896. The number of primary amides is 1. The van der Waals surface area contributed by atoms with Gasteiger partial charge in [0.05, 0.1) is 0 Å². The number of amides is 1. The number of hydrogen-bond acceptors (Lipinski definition) is 2. The second-order valence-corrected chi connectivity index (χ2v) is 5.21. The molecule has 0 aliphatic heterocycles. The van der Waals surface area contributed by atoms with Crippen LogP contribution in [0.25, 0.3) is 0 Å². The van der Waals surface area contributed by atoms with Crippen molar-refractivity contribution in [1.29, 1.82) is 0 Å². The summed E-state index contributed by atoms with van der Waals surface area (Å²) in [7, 11) is 0. The summed E-state index contributed by atoms with van der Waals surface area (Å²) >= 11 is 12.2. The number of anilines is 1. The number of halogens is 2. The van der Waals surface area contributed by atoms with Crippen LogP contribution in [0.1, 0.15) is 21.5 Å². The highest BCUT2D eigenvalue weighted by Gasteiger charge is 2.10. The van der Waals surface area contributed by atoms with Gasteiger partial charge >= 0.3 is 0 Å². The Kier molecular flexibility index (Phi) is 4.53. The SMILES string of the molecule is Cc1c(NCc2c(Cl)cccc2Cl)cccc1C(N)=O. The molecule has 0 heterocycles. The van der Waals surface area contributed by atoms with Crippen molar-refractivity contribution in [2.24, 2.45) is 5.73 Å². The van der Waals surface area contributed by atoms with Gasteiger partial charge in [-0.2, -0.15) is 0 Å². The van der Waals surface area contributed by atoms with Crippen molar-refractivity contribution in [3.05, 3.63) is 63.1 Å². The molecule has 2 aromatic carbocycles. The van der Waals surface area contributed by atoms with E-state index in [1.54, 1.807) is 30.3 Å². The summed E-state index contributed by atoms with van der Waals surface area (Å²) in [5.41, 5.74) is 8.29. The molecule has 2 aromatic rings. The highest BCUT2D eigenvalue weighted by molar-refractivity contribution is 6.36. The minimum absolute atomic E-state index is 0.443. The van der Waals surface area contributed by atoms with Crippen molar-refractivity contribution in [3.8, 4) is 0 Å². The standard InChI is InChI=1S/C15H14Cl2N2O/c1-9-10(15(18)20)4-2-7-14(9)19-8-11-12(16)5-3-6-13(11)17/h2-7,19H,8H2,1H3,(H2,18,20). The second kappa shape index (κ2) is 6.16. The van der Waals surface area contributed by atoms with Crippen LogP contribution in [0.4, 0.5) is 5.69 Å². The molecule has 0 radical (unpaired) electrons. The Labute approximate surface area is 127 Å². The fourth-order valence-electron chi connectivity index (χ4n) is 1.98. The lowest BCUT2D eigenvalue weighted by Gasteiger charge is -2.13. The van der Waals surface area contributed by atoms with E-state index < -0.39 is 5.91 Å². The second-order valence-electron chi connectivity index (χ2n) is 4.40. The van der Waals surface area contributed by atoms with E-state index >= 15 is 0 Å². The number of carbonyl (C=O) groups is 1. The van der Waals surface area contributed by atoms with Crippen molar-refractivity contribution < 1.29 is 4.79 Å². The van der Waals surface area contributed by atoms with Gasteiger partial charge in [0.1, 0.15) is 0 Å². The maximum Gasteiger partial charge on any atom is 0.249 e. The molecule has 3 nitrogen and oxygen atoms in total. The van der Waals surface area contributed by atoms with Gasteiger partial charge in [0.2, 0.25) is 5.91 Å². The van der Waals surface area contributed by atoms with E-state index in [0.717, 1.165) is 16.8 Å². The lowest BCUT2D eigenvalue weighted by atomic mass is 10.1. The zero-order chi connectivity index (χ0) is 14.7. The van der Waals surface area contributed by atoms with Crippen LogP contribution >= 0.6 is 23.2 Å². The lowest BCUT2D eigenvalue weighted by molar-refractivity contribution is 0.1000. The summed E-state index contributed by atoms with van der Waals surface area (Å²) in [5, 5.41) is 4.44. The van der Waals surface area contributed by atoms with Crippen LogP contribution in [0.3, 0.4) is 0 Å². The summed E-state index contributed by atoms with van der Waals surface area (Å²) in [6.07, 6.45) is 0. The van der Waals surface area contributed by atoms with Crippen molar-refractivity contribution in [2.75, 3.05) is 5.32 Å². The van der Waals surface area contributed by atoms with Crippen LogP contribution in [0.5, 0.6) is 0 Å². The molecule has 5 heteroatoms. The molecule has 0 atom stereocenters. The lowest BCUT2D eigenvalue weighted by Crippen LogP contribution is -2.14. The van der Waals surface area contributed by atoms with Crippen LogP contribution in [0, 0.1) is 6.92 Å². The van der Waals surface area contributed by atoms with Crippen molar-refractivity contribution in [3.63, 3.8) is 0 Å². The first-order valence-electron chi connectivity index (χ1n) is 6.07. The number of rotatable bonds is 4. The van der Waals surface area contributed by atoms with Crippen molar-refractivity contribution >= 4 is 34.8 Å². The van der Waals surface area contributed by atoms with Gasteiger partial charge in [-0.25, -0.2) is 0 Å². The minimum Gasteiger partial charge on any atom is -0.381 e. The Bertz CT molecular complexity index is 636. The molecule has 1 amide bonds. The van der Waals surface area contributed by atoms with Crippen molar-refractivity contribution in [1.82, 2.24) is 0 Å². The summed E-state index contributed by atoms with van der Waals surface area (Å²) in [5.74, 6) is -0.443. The first-order chi connectivity index (χ1) is 9.50. The Morgan fingerprint density at radius 3 is 2.35 bits per heavy atom. The van der Waals surface area contributed by atoms with E-state index in [-0.39, 0.29) is 0 Å². The first kappa shape index (κ1) is 14.7. The van der Waals surface area contributed by atoms with Gasteiger partial charge in [-0.15, -0.1) is 0 Å². The molecule has 0 spiro atoms. The average molecular weight is 309 g/mol. The third-order valence-corrected chi connectivity index (χ3v) is 3.82. The highest BCUT2D eigenvalue weighted by atomic mass is 35.5. The molecule has 3 N–H and O–H groups in total. The number of carbonyl (C=O) groups excluding carboxylic acids is 1. The fraction of sp³-hybridized carbons (Fsp3) is 0.133. The van der Waals surface area contributed by atoms with Crippen LogP contribution in [0.15, 0.2) is 36.4 Å². The number of nitrogens with one attached hydrogen (secondary N) is 1. The van der Waals surface area contributed by atoms with Crippen LogP contribution in [-0.2, 0) is 6.54 Å². The fourth-order valence-corrected chi connectivity index (χ4v) is 2.51. The molecule has 0 aromatic heterocycles. The zero-order valence-corrected chi connectivity index (χ0v) is 12.4. The molecule has 0 unspecified atom stereocenters. The summed E-state index contributed by atoms with van der Waals surface area (Å²) in [4.78, 5) is 11.3. The van der Waals surface area contributed by atoms with E-state index in [4.69, 9.17) is 28.9 Å². The predicted molar refractivity (Wildman–Crippen MR) is 83.5 cm³/mol. The van der Waals surface area contributed by atoms with E-state index in [0.29, 0.717) is 22.2 Å². The maximum atomic E-state index is 11.3. The third-order valence-electron chi connectivity index (χ3n) is 3.12. The van der Waals surface area contributed by atoms with Crippen LogP contribution < -0.4 is 11.1 Å². The Balaban J connectivity index is 2.24. The molecule has 0 saturated heterocycles. The predicted octanol–water partition coefficient (Wildman–Crippen LogP) is 4.01. The Morgan fingerprint density at radius 2 is 1.75 bits per heavy atom. The Morgan fingerprint density at radius 1 is 1.15 bits per heavy atom. The topological polar surface area (TPSA) is 55.1 Å². The van der Waals surface area contributed by atoms with E-state index in [1.807, 2.05) is 13.0 Å². The molecule has 0 saturated carbocycles. The molecule has 104 valence electrons. The summed E-state index contributed by atoms with van der Waals surface area (Å²) in [6.45, 7) is 2.32. The van der Waals surface area contributed by atoms with Gasteiger partial charge in [0, 0.05) is 33.4 Å². The highest BCUT2D eigenvalue weighted by Crippen LogP contribution is 2.26. The molecular formula is C15H14Cl2N2O. The molecule has 0 bridgehead atoms. The normalized spacial score (nSPS) is 10.3. The molecule has 2 rings (SSSR count). The van der Waals surface area contributed by atoms with Crippen molar-refractivity contribution in [2.45, 2.75) is 13.5 Å². The van der Waals surface area contributed by atoms with Crippen LogP contribution in [-0.4, -0.2) is 5.91 Å². The van der Waals surface area contributed by atoms with Crippen LogP contribution in [0.2, 0.25) is 10.0 Å². The molecule has 0 aliphatic carbocycles. The van der Waals surface area contributed by atoms with E-state index in [2.05, 4.69) is 5.32 Å². The van der Waals surface area contributed by atoms with Gasteiger partial charge in [-0.05, 0) is 36.8 Å².